The molecule has 0 saturated carbocycles. The number of rotatable bonds is 17. The number of nitrogens with one attached hydrogen (secondary N) is 6. The molecule has 2 amide bonds. The Kier molecular flexibility index (Phi) is 17.8. The summed E-state index contributed by atoms with van der Waals surface area (Å²) < 4.78 is 0. The molecule has 10 heterocycles. The number of fused-ring (bicyclic) bond motifs is 16. The number of carbonyl (C=O) groups is 2. The minimum atomic E-state index is -0.139. The summed E-state index contributed by atoms with van der Waals surface area (Å²) in [4.78, 5) is 64.9. The van der Waals surface area contributed by atoms with Crippen LogP contribution in [0.25, 0.3) is 182 Å². The van der Waals surface area contributed by atoms with Crippen molar-refractivity contribution in [3.05, 3.63) is 336 Å². The number of aromatic amines is 4. The molecular formula is C96H72N10O2. The third kappa shape index (κ3) is 13.1. The Bertz CT molecular complexity index is 5830. The molecule has 14 aromatic rings. The lowest BCUT2D eigenvalue weighted by molar-refractivity contribution is 0.0943. The summed E-state index contributed by atoms with van der Waals surface area (Å²) in [6, 6.07) is 95.1. The van der Waals surface area contributed by atoms with Crippen LogP contribution in [0.1, 0.15) is 92.0 Å². The lowest BCUT2D eigenvalue weighted by atomic mass is 10.0. The van der Waals surface area contributed by atoms with Gasteiger partial charge in [-0.05, 0) is 179 Å². The van der Waals surface area contributed by atoms with Crippen LogP contribution in [0.2, 0.25) is 0 Å². The van der Waals surface area contributed by atoms with Gasteiger partial charge in [0.15, 0.2) is 0 Å². The molecule has 4 aliphatic heterocycles. The summed E-state index contributed by atoms with van der Waals surface area (Å²) in [5.74, 6) is -0.279. The van der Waals surface area contributed by atoms with E-state index in [1.165, 1.54) is 0 Å². The molecule has 6 aromatic heterocycles. The maximum absolute atomic E-state index is 13.9. The Morgan fingerprint density at radius 3 is 0.574 bits per heavy atom. The van der Waals surface area contributed by atoms with Gasteiger partial charge in [-0.25, -0.2) is 19.9 Å². The van der Waals surface area contributed by atoms with Crippen LogP contribution in [0, 0.1) is 0 Å². The first-order valence-corrected chi connectivity index (χ1v) is 36.8. The Morgan fingerprint density at radius 1 is 0.213 bits per heavy atom. The van der Waals surface area contributed by atoms with Crippen molar-refractivity contribution < 1.29 is 9.59 Å². The van der Waals surface area contributed by atoms with E-state index in [4.69, 9.17) is 19.9 Å². The molecule has 6 N–H and O–H groups in total. The quantitative estimate of drug-likeness (QED) is 0.0495. The number of nitrogens with zero attached hydrogens (tertiary/aromatic N) is 4. The fourth-order valence-corrected chi connectivity index (χ4v) is 15.3. The molecule has 0 atom stereocenters. The van der Waals surface area contributed by atoms with Gasteiger partial charge in [-0.1, -0.05) is 219 Å². The summed E-state index contributed by atoms with van der Waals surface area (Å²) in [6.07, 6.45) is 20.2. The molecule has 0 fully saturated rings. The molecule has 16 bridgehead atoms. The van der Waals surface area contributed by atoms with E-state index in [0.717, 1.165) is 204 Å². The Morgan fingerprint density at radius 2 is 0.389 bits per heavy atom. The van der Waals surface area contributed by atoms with Crippen LogP contribution in [0.5, 0.6) is 0 Å². The first-order valence-electron chi connectivity index (χ1n) is 36.8. The van der Waals surface area contributed by atoms with Crippen molar-refractivity contribution in [1.29, 1.82) is 0 Å². The molecule has 0 aliphatic carbocycles. The molecule has 0 spiro atoms. The Balaban J connectivity index is 0.576. The van der Waals surface area contributed by atoms with Gasteiger partial charge in [0.05, 0.1) is 45.6 Å². The zero-order valence-electron chi connectivity index (χ0n) is 59.0. The van der Waals surface area contributed by atoms with Gasteiger partial charge in [0.25, 0.3) is 11.8 Å². The fourth-order valence-electron chi connectivity index (χ4n) is 15.3. The number of hydrogen-bond donors (Lipinski definition) is 6. The summed E-state index contributed by atoms with van der Waals surface area (Å²) >= 11 is 0. The monoisotopic (exact) mass is 1400 g/mol. The summed E-state index contributed by atoms with van der Waals surface area (Å²) in [5, 5.41) is 6.33. The molecule has 0 radical (unpaired) electrons. The van der Waals surface area contributed by atoms with Gasteiger partial charge in [-0.2, -0.15) is 0 Å². The molecule has 108 heavy (non-hydrogen) atoms. The second-order valence-electron chi connectivity index (χ2n) is 27.3. The average Bonchev–Trinajstić information content (AvgIpc) is 1.62. The molecule has 12 nitrogen and oxygen atoms in total. The van der Waals surface area contributed by atoms with E-state index in [0.29, 0.717) is 24.2 Å². The van der Waals surface area contributed by atoms with Crippen LogP contribution < -0.4 is 10.6 Å². The molecule has 518 valence electrons. The zero-order valence-corrected chi connectivity index (χ0v) is 59.0. The number of aromatic nitrogens is 8. The van der Waals surface area contributed by atoms with Crippen molar-refractivity contribution in [3.63, 3.8) is 0 Å². The highest BCUT2D eigenvalue weighted by Crippen LogP contribution is 2.42. The summed E-state index contributed by atoms with van der Waals surface area (Å²) in [6.45, 7) is 1.04. The first kappa shape index (κ1) is 65.9. The van der Waals surface area contributed by atoms with E-state index in [2.05, 4.69) is 273 Å². The summed E-state index contributed by atoms with van der Waals surface area (Å²) in [7, 11) is 0. The Labute approximate surface area is 624 Å². The summed E-state index contributed by atoms with van der Waals surface area (Å²) in [5.41, 5.74) is 30.7. The van der Waals surface area contributed by atoms with Crippen molar-refractivity contribution >= 4 is 105 Å². The molecular weight excluding hydrogens is 1330 g/mol. The van der Waals surface area contributed by atoms with Crippen LogP contribution in [0.3, 0.4) is 0 Å². The maximum atomic E-state index is 13.9. The minimum Gasteiger partial charge on any atom is -0.354 e. The number of carbonyl (C=O) groups excluding carboxylic acids is 2. The zero-order chi connectivity index (χ0) is 72.3. The van der Waals surface area contributed by atoms with E-state index in [1.807, 2.05) is 84.9 Å². The molecule has 12 heteroatoms. The van der Waals surface area contributed by atoms with Crippen LogP contribution in [0.4, 0.5) is 0 Å². The molecule has 18 rings (SSSR count). The number of hydrogen-bond acceptors (Lipinski definition) is 6. The number of benzene rings is 8. The van der Waals surface area contributed by atoms with E-state index in [1.54, 1.807) is 0 Å². The maximum Gasteiger partial charge on any atom is 0.251 e. The van der Waals surface area contributed by atoms with Crippen molar-refractivity contribution in [2.24, 2.45) is 0 Å². The predicted octanol–water partition coefficient (Wildman–Crippen LogP) is 22.7. The number of unbranched alkanes of at least 4 members (excludes halogenated alkanes) is 3. The van der Waals surface area contributed by atoms with Crippen LogP contribution in [-0.2, 0) is 0 Å². The highest BCUT2D eigenvalue weighted by Gasteiger charge is 2.23. The normalized spacial score (nSPS) is 12.0. The molecule has 4 aliphatic rings. The molecule has 0 saturated heterocycles. The Hall–Kier alpha value is -14.1. The predicted molar refractivity (Wildman–Crippen MR) is 444 cm³/mol. The van der Waals surface area contributed by atoms with E-state index < -0.39 is 0 Å². The van der Waals surface area contributed by atoms with Gasteiger partial charge in [-0.15, -0.1) is 0 Å². The van der Waals surface area contributed by atoms with Crippen molar-refractivity contribution in [1.82, 2.24) is 50.5 Å². The van der Waals surface area contributed by atoms with Gasteiger partial charge in [0.2, 0.25) is 0 Å². The van der Waals surface area contributed by atoms with Crippen molar-refractivity contribution in [3.8, 4) is 89.0 Å². The number of amides is 2. The van der Waals surface area contributed by atoms with E-state index in [-0.39, 0.29) is 11.8 Å². The topological polar surface area (TPSA) is 173 Å². The van der Waals surface area contributed by atoms with E-state index >= 15 is 0 Å². The average molecular weight is 1400 g/mol. The lowest BCUT2D eigenvalue weighted by Crippen LogP contribution is -2.25. The third-order valence-electron chi connectivity index (χ3n) is 20.4. The van der Waals surface area contributed by atoms with Gasteiger partial charge < -0.3 is 30.6 Å². The fraction of sp³-hybridized carbons (Fsp3) is 0.0625. The van der Waals surface area contributed by atoms with Crippen molar-refractivity contribution in [2.45, 2.75) is 25.7 Å². The van der Waals surface area contributed by atoms with Crippen LogP contribution in [0.15, 0.2) is 279 Å². The highest BCUT2D eigenvalue weighted by atomic mass is 16.2. The van der Waals surface area contributed by atoms with Crippen LogP contribution in [-0.4, -0.2) is 64.8 Å². The SMILES string of the molecule is O=C(NCCCCCCNC(=O)c1ccc(-c2c3nc(c(-c4ccccc4)c4ccc([nH]4)c(-c4ccccc4)c4nc(c(-c5ccccc5)c5ccc2[nH]5)C=C4)C=C3)cc1)c1ccc(-c2c3nc(c(-c4ccccc4)c4ccc([nH]4)c(-c4ccccc4)c4nc(c(-c5ccccc5)c5ccc2[nH]5)C=C4)C=C3)cc1. The second-order valence-corrected chi connectivity index (χ2v) is 27.3. The van der Waals surface area contributed by atoms with Gasteiger partial charge in [-0.3, -0.25) is 9.59 Å². The third-order valence-corrected chi connectivity index (χ3v) is 20.4. The minimum absolute atomic E-state index is 0.139. The standard InChI is InChI=1S/C96H72N10O2/c107-95(69-39-35-67(36-40-69)93-83-55-51-79(103-83)89(63-27-13-5-14-28-63)75-47-43-71(99-75)87(61-23-9-3-10-24-61)72-44-48-76(100-72)90(64-29-15-6-16-30-64)80-52-56-84(93)104-80)97-59-21-1-2-22-60-98-96(108)70-41-37-68(38-42-70)94-85-57-53-81(105-85)91(65-31-17-7-18-32-65)77-49-45-73(101-77)88(62-25-11-4-12-26-62)74-46-50-78(102-74)92(66-33-19-8-20-34-66)82-54-58-86(94)106-82/h3-20,23-58,99,101,104,106H,1-2,21-22,59-60H2,(H,97,107)(H,98,108). The van der Waals surface area contributed by atoms with Crippen LogP contribution >= 0.6 is 0 Å². The first-order chi connectivity index (χ1) is 53.4. The van der Waals surface area contributed by atoms with Gasteiger partial charge in [0.1, 0.15) is 0 Å². The lowest BCUT2D eigenvalue weighted by Gasteiger charge is -2.09. The smallest absolute Gasteiger partial charge is 0.251 e. The molecule has 0 unspecified atom stereocenters. The van der Waals surface area contributed by atoms with E-state index in [9.17, 15) is 9.59 Å². The number of H-pyrrole nitrogens is 4. The molecule has 8 aromatic carbocycles. The van der Waals surface area contributed by atoms with Crippen molar-refractivity contribution in [2.75, 3.05) is 13.1 Å². The van der Waals surface area contributed by atoms with Gasteiger partial charge >= 0.3 is 0 Å². The largest absolute Gasteiger partial charge is 0.354 e. The highest BCUT2D eigenvalue weighted by molar-refractivity contribution is 6.04. The second kappa shape index (κ2) is 29.2. The van der Waals surface area contributed by atoms with Gasteiger partial charge in [0, 0.05) is 113 Å².